The average molecular weight is 256 g/mol. The van der Waals surface area contributed by atoms with Crippen LogP contribution in [0.2, 0.25) is 0 Å². The summed E-state index contributed by atoms with van der Waals surface area (Å²) in [5.74, 6) is 0. The third-order valence-electron chi connectivity index (χ3n) is 3.21. The summed E-state index contributed by atoms with van der Waals surface area (Å²) in [5.41, 5.74) is 1.34. The number of likely N-dealkylation sites (tertiary alicyclic amines) is 1. The van der Waals surface area contributed by atoms with Gasteiger partial charge in [0.05, 0.1) is 12.2 Å². The Morgan fingerprint density at radius 1 is 1.22 bits per heavy atom. The molecule has 2 unspecified atom stereocenters. The van der Waals surface area contributed by atoms with Gasteiger partial charge < -0.3 is 14.8 Å². The fourth-order valence-corrected chi connectivity index (χ4v) is 2.16. The van der Waals surface area contributed by atoms with E-state index < -0.39 is 0 Å². The van der Waals surface area contributed by atoms with Gasteiger partial charge in [0, 0.05) is 45.9 Å². The third-order valence-corrected chi connectivity index (χ3v) is 3.21. The Morgan fingerprint density at radius 3 is 2.11 bits per heavy atom. The summed E-state index contributed by atoms with van der Waals surface area (Å²) < 4.78 is 10.9. The van der Waals surface area contributed by atoms with Gasteiger partial charge in [0.25, 0.3) is 0 Å². The molecule has 0 bridgehead atoms. The maximum absolute atomic E-state index is 5.43. The number of ether oxygens (including phenoxy) is 2. The molecule has 0 aromatic rings. The molecule has 2 atom stereocenters. The zero-order chi connectivity index (χ0) is 13.8. The standard InChI is InChI=1S/C14H28N2O2/c1-11(7-15-14(2,3)4)8-16-9-12(17-5)13(10-16)18-6/h12-13,15H,1,7-10H2,2-6H3. The summed E-state index contributed by atoms with van der Waals surface area (Å²) in [7, 11) is 3.49. The lowest BCUT2D eigenvalue weighted by Gasteiger charge is -2.23. The highest BCUT2D eigenvalue weighted by Gasteiger charge is 2.32. The van der Waals surface area contributed by atoms with Gasteiger partial charge in [0.2, 0.25) is 0 Å². The maximum atomic E-state index is 5.43. The molecular weight excluding hydrogens is 228 g/mol. The number of nitrogens with zero attached hydrogens (tertiary/aromatic N) is 1. The van der Waals surface area contributed by atoms with Crippen LogP contribution in [0.15, 0.2) is 12.2 Å². The van der Waals surface area contributed by atoms with Crippen molar-refractivity contribution in [2.75, 3.05) is 40.4 Å². The number of methoxy groups -OCH3 is 2. The number of hydrogen-bond acceptors (Lipinski definition) is 4. The molecule has 0 aromatic heterocycles. The van der Waals surface area contributed by atoms with Crippen molar-refractivity contribution in [1.29, 1.82) is 0 Å². The predicted octanol–water partition coefficient (Wildman–Crippen LogP) is 1.28. The van der Waals surface area contributed by atoms with E-state index in [1.54, 1.807) is 14.2 Å². The minimum Gasteiger partial charge on any atom is -0.377 e. The number of hydrogen-bond donors (Lipinski definition) is 1. The second-order valence-corrected chi connectivity index (χ2v) is 6.10. The highest BCUT2D eigenvalue weighted by Crippen LogP contribution is 2.16. The lowest BCUT2D eigenvalue weighted by Crippen LogP contribution is -2.38. The molecule has 1 saturated heterocycles. The first-order chi connectivity index (χ1) is 8.35. The second-order valence-electron chi connectivity index (χ2n) is 6.10. The molecule has 1 fully saturated rings. The highest BCUT2D eigenvalue weighted by molar-refractivity contribution is 5.03. The first-order valence-corrected chi connectivity index (χ1v) is 6.55. The van der Waals surface area contributed by atoms with Gasteiger partial charge in [-0.3, -0.25) is 4.90 Å². The fourth-order valence-electron chi connectivity index (χ4n) is 2.16. The SMILES string of the molecule is C=C(CNC(C)(C)C)CN1CC(OC)C(OC)C1. The second kappa shape index (κ2) is 6.66. The lowest BCUT2D eigenvalue weighted by atomic mass is 10.1. The summed E-state index contributed by atoms with van der Waals surface area (Å²) in [4.78, 5) is 2.34. The van der Waals surface area contributed by atoms with Crippen LogP contribution in [0, 0.1) is 0 Å². The minimum atomic E-state index is 0.137. The van der Waals surface area contributed by atoms with E-state index in [9.17, 15) is 0 Å². The number of nitrogens with one attached hydrogen (secondary N) is 1. The van der Waals surface area contributed by atoms with Crippen LogP contribution in [0.3, 0.4) is 0 Å². The van der Waals surface area contributed by atoms with Gasteiger partial charge in [-0.1, -0.05) is 6.58 Å². The fraction of sp³-hybridized carbons (Fsp3) is 0.857. The van der Waals surface area contributed by atoms with Crippen molar-refractivity contribution in [2.24, 2.45) is 0 Å². The zero-order valence-electron chi connectivity index (χ0n) is 12.5. The summed E-state index contributed by atoms with van der Waals surface area (Å²) in [5, 5.41) is 3.46. The van der Waals surface area contributed by atoms with Gasteiger partial charge in [0.15, 0.2) is 0 Å². The van der Waals surface area contributed by atoms with Crippen molar-refractivity contribution in [1.82, 2.24) is 10.2 Å². The van der Waals surface area contributed by atoms with Crippen LogP contribution in [-0.2, 0) is 9.47 Å². The van der Waals surface area contributed by atoms with Crippen LogP contribution in [0.4, 0.5) is 0 Å². The van der Waals surface area contributed by atoms with Crippen LogP contribution >= 0.6 is 0 Å². The summed E-state index contributed by atoms with van der Waals surface area (Å²) >= 11 is 0. The summed E-state index contributed by atoms with van der Waals surface area (Å²) in [6.07, 6.45) is 0.358. The van der Waals surface area contributed by atoms with Crippen LogP contribution in [0.5, 0.6) is 0 Å². The highest BCUT2D eigenvalue weighted by atomic mass is 16.5. The van der Waals surface area contributed by atoms with E-state index in [1.807, 2.05) is 0 Å². The van der Waals surface area contributed by atoms with Crippen molar-refractivity contribution in [3.63, 3.8) is 0 Å². The molecular formula is C14H28N2O2. The van der Waals surface area contributed by atoms with E-state index in [-0.39, 0.29) is 17.7 Å². The van der Waals surface area contributed by atoms with Gasteiger partial charge in [-0.15, -0.1) is 0 Å². The van der Waals surface area contributed by atoms with E-state index in [1.165, 1.54) is 5.57 Å². The summed E-state index contributed by atoms with van der Waals surface area (Å²) in [6.45, 7) is 14.2. The Balaban J connectivity index is 2.33. The van der Waals surface area contributed by atoms with Crippen molar-refractivity contribution < 1.29 is 9.47 Å². The molecule has 18 heavy (non-hydrogen) atoms. The largest absolute Gasteiger partial charge is 0.377 e. The molecule has 1 aliphatic rings. The minimum absolute atomic E-state index is 0.137. The molecule has 0 saturated carbocycles. The van der Waals surface area contributed by atoms with E-state index >= 15 is 0 Å². The lowest BCUT2D eigenvalue weighted by molar-refractivity contribution is -0.00461. The molecule has 1 N–H and O–H groups in total. The molecule has 1 rings (SSSR count). The van der Waals surface area contributed by atoms with Gasteiger partial charge in [-0.25, -0.2) is 0 Å². The Hall–Kier alpha value is -0.420. The molecule has 1 aliphatic heterocycles. The van der Waals surface area contributed by atoms with E-state index in [0.717, 1.165) is 26.2 Å². The van der Waals surface area contributed by atoms with Gasteiger partial charge >= 0.3 is 0 Å². The summed E-state index contributed by atoms with van der Waals surface area (Å²) in [6, 6.07) is 0. The topological polar surface area (TPSA) is 33.7 Å². The molecule has 4 nitrogen and oxygen atoms in total. The molecule has 106 valence electrons. The van der Waals surface area contributed by atoms with Gasteiger partial charge in [0.1, 0.15) is 0 Å². The molecule has 0 radical (unpaired) electrons. The normalized spacial score (nSPS) is 25.6. The molecule has 1 heterocycles. The van der Waals surface area contributed by atoms with Crippen molar-refractivity contribution >= 4 is 0 Å². The van der Waals surface area contributed by atoms with Crippen LogP contribution < -0.4 is 5.32 Å². The Bertz CT molecular complexity index is 261. The maximum Gasteiger partial charge on any atom is 0.0971 e. The third kappa shape index (κ3) is 5.06. The Morgan fingerprint density at radius 2 is 1.72 bits per heavy atom. The zero-order valence-corrected chi connectivity index (χ0v) is 12.5. The Labute approximate surface area is 111 Å². The van der Waals surface area contributed by atoms with E-state index in [2.05, 4.69) is 37.6 Å². The van der Waals surface area contributed by atoms with E-state index in [4.69, 9.17) is 9.47 Å². The smallest absolute Gasteiger partial charge is 0.0971 e. The van der Waals surface area contributed by atoms with Crippen LogP contribution in [0.1, 0.15) is 20.8 Å². The van der Waals surface area contributed by atoms with Crippen LogP contribution in [0.25, 0.3) is 0 Å². The van der Waals surface area contributed by atoms with Crippen molar-refractivity contribution in [3.05, 3.63) is 12.2 Å². The average Bonchev–Trinajstić information content (AvgIpc) is 2.67. The molecule has 0 amide bonds. The molecule has 0 aliphatic carbocycles. The first kappa shape index (κ1) is 15.6. The quantitative estimate of drug-likeness (QED) is 0.726. The van der Waals surface area contributed by atoms with Crippen molar-refractivity contribution in [3.8, 4) is 0 Å². The van der Waals surface area contributed by atoms with E-state index in [0.29, 0.717) is 0 Å². The molecule has 0 spiro atoms. The van der Waals surface area contributed by atoms with Crippen molar-refractivity contribution in [2.45, 2.75) is 38.5 Å². The molecule has 0 aromatic carbocycles. The predicted molar refractivity (Wildman–Crippen MR) is 74.9 cm³/mol. The number of rotatable bonds is 6. The monoisotopic (exact) mass is 256 g/mol. The van der Waals surface area contributed by atoms with Crippen LogP contribution in [-0.4, -0.2) is 63.0 Å². The Kier molecular flexibility index (Phi) is 5.79. The molecule has 4 heteroatoms. The van der Waals surface area contributed by atoms with Gasteiger partial charge in [-0.05, 0) is 26.3 Å². The van der Waals surface area contributed by atoms with Gasteiger partial charge in [-0.2, -0.15) is 0 Å². The first-order valence-electron chi connectivity index (χ1n) is 6.55.